The molecule has 21 heavy (non-hydrogen) atoms. The predicted octanol–water partition coefficient (Wildman–Crippen LogP) is 2.53. The summed E-state index contributed by atoms with van der Waals surface area (Å²) in [6.45, 7) is 0. The van der Waals surface area contributed by atoms with Crippen molar-refractivity contribution in [3.8, 4) is 0 Å². The van der Waals surface area contributed by atoms with Gasteiger partial charge in [0, 0.05) is 0 Å². The van der Waals surface area contributed by atoms with Gasteiger partial charge in [0.1, 0.15) is 0 Å². The quantitative estimate of drug-likeness (QED) is 0.578. The summed E-state index contributed by atoms with van der Waals surface area (Å²) < 4.78 is 0. The standard InChI is InChI=1S/C15H12N2O4/c18-14(19)11-6-4-10(5-7-11)9-16-17-13-3-1-2-12(8-13)15(20)21/h1-9,17H,(H,18,19)(H,20,21). The fourth-order valence-electron chi connectivity index (χ4n) is 1.61. The van der Waals surface area contributed by atoms with Gasteiger partial charge in [0.15, 0.2) is 0 Å². The number of carboxylic acids is 2. The van der Waals surface area contributed by atoms with E-state index in [9.17, 15) is 9.59 Å². The minimum atomic E-state index is -1.01. The first-order chi connectivity index (χ1) is 10.1. The maximum atomic E-state index is 10.8. The van der Waals surface area contributed by atoms with Crippen molar-refractivity contribution in [2.24, 2.45) is 5.10 Å². The van der Waals surface area contributed by atoms with Gasteiger partial charge in [-0.25, -0.2) is 9.59 Å². The Balaban J connectivity index is 2.03. The minimum Gasteiger partial charge on any atom is -0.478 e. The molecule has 2 aromatic carbocycles. The molecule has 0 aliphatic carbocycles. The monoisotopic (exact) mass is 284 g/mol. The lowest BCUT2D eigenvalue weighted by Gasteiger charge is -2.01. The van der Waals surface area contributed by atoms with Gasteiger partial charge in [-0.05, 0) is 35.9 Å². The van der Waals surface area contributed by atoms with E-state index in [0.29, 0.717) is 5.69 Å². The van der Waals surface area contributed by atoms with Crippen molar-refractivity contribution in [2.45, 2.75) is 0 Å². The number of hydrogen-bond acceptors (Lipinski definition) is 4. The number of benzene rings is 2. The second kappa shape index (κ2) is 6.33. The van der Waals surface area contributed by atoms with Gasteiger partial charge < -0.3 is 10.2 Å². The van der Waals surface area contributed by atoms with Crippen molar-refractivity contribution in [2.75, 3.05) is 5.43 Å². The molecule has 0 amide bonds. The van der Waals surface area contributed by atoms with Crippen LogP contribution in [0.4, 0.5) is 5.69 Å². The lowest BCUT2D eigenvalue weighted by molar-refractivity contribution is 0.0686. The molecule has 0 fully saturated rings. The molecule has 2 rings (SSSR count). The number of aromatic carboxylic acids is 2. The third-order valence-electron chi connectivity index (χ3n) is 2.67. The number of nitrogens with one attached hydrogen (secondary N) is 1. The highest BCUT2D eigenvalue weighted by molar-refractivity contribution is 5.90. The van der Waals surface area contributed by atoms with Gasteiger partial charge in [-0.15, -0.1) is 0 Å². The number of carbonyl (C=O) groups is 2. The molecule has 106 valence electrons. The van der Waals surface area contributed by atoms with Crippen molar-refractivity contribution in [3.63, 3.8) is 0 Å². The zero-order valence-corrected chi connectivity index (χ0v) is 10.9. The van der Waals surface area contributed by atoms with Crippen LogP contribution in [0.3, 0.4) is 0 Å². The molecule has 0 saturated carbocycles. The summed E-state index contributed by atoms with van der Waals surface area (Å²) in [4.78, 5) is 21.5. The molecule has 0 saturated heterocycles. The van der Waals surface area contributed by atoms with Crippen molar-refractivity contribution in [1.82, 2.24) is 0 Å². The summed E-state index contributed by atoms with van der Waals surface area (Å²) in [5, 5.41) is 21.6. The fourth-order valence-corrected chi connectivity index (χ4v) is 1.61. The summed E-state index contributed by atoms with van der Waals surface area (Å²) in [6.07, 6.45) is 1.51. The number of hydrogen-bond donors (Lipinski definition) is 3. The van der Waals surface area contributed by atoms with E-state index in [1.165, 1.54) is 30.5 Å². The molecule has 6 nitrogen and oxygen atoms in total. The van der Waals surface area contributed by atoms with Crippen LogP contribution in [0, 0.1) is 0 Å². The number of rotatable bonds is 5. The summed E-state index contributed by atoms with van der Waals surface area (Å²) in [6, 6.07) is 12.5. The van der Waals surface area contributed by atoms with E-state index >= 15 is 0 Å². The van der Waals surface area contributed by atoms with Gasteiger partial charge in [0.2, 0.25) is 0 Å². The third-order valence-corrected chi connectivity index (χ3v) is 2.67. The summed E-state index contributed by atoms with van der Waals surface area (Å²) >= 11 is 0. The summed E-state index contributed by atoms with van der Waals surface area (Å²) in [5.41, 5.74) is 4.36. The molecule has 2 aromatic rings. The molecule has 0 aromatic heterocycles. The van der Waals surface area contributed by atoms with Crippen LogP contribution in [-0.4, -0.2) is 28.4 Å². The van der Waals surface area contributed by atoms with E-state index in [0.717, 1.165) is 5.56 Å². The van der Waals surface area contributed by atoms with Gasteiger partial charge >= 0.3 is 11.9 Å². The van der Waals surface area contributed by atoms with Crippen molar-refractivity contribution < 1.29 is 19.8 Å². The molecule has 3 N–H and O–H groups in total. The van der Waals surface area contributed by atoms with E-state index in [-0.39, 0.29) is 11.1 Å². The highest BCUT2D eigenvalue weighted by Crippen LogP contribution is 2.10. The van der Waals surface area contributed by atoms with Crippen LogP contribution in [0.2, 0.25) is 0 Å². The Morgan fingerprint density at radius 2 is 1.62 bits per heavy atom. The molecular weight excluding hydrogens is 272 g/mol. The SMILES string of the molecule is O=C(O)c1ccc(C=NNc2cccc(C(=O)O)c2)cc1. The van der Waals surface area contributed by atoms with Gasteiger partial charge in [-0.3, -0.25) is 5.43 Å². The van der Waals surface area contributed by atoms with Crippen molar-refractivity contribution in [1.29, 1.82) is 0 Å². The molecule has 0 heterocycles. The average molecular weight is 284 g/mol. The molecule has 0 spiro atoms. The average Bonchev–Trinajstić information content (AvgIpc) is 2.48. The Morgan fingerprint density at radius 1 is 0.952 bits per heavy atom. The van der Waals surface area contributed by atoms with Crippen LogP contribution in [0.25, 0.3) is 0 Å². The highest BCUT2D eigenvalue weighted by atomic mass is 16.4. The maximum absolute atomic E-state index is 10.8. The van der Waals surface area contributed by atoms with Gasteiger partial charge in [0.25, 0.3) is 0 Å². The molecule has 0 atom stereocenters. The number of nitrogens with zero attached hydrogens (tertiary/aromatic N) is 1. The largest absolute Gasteiger partial charge is 0.478 e. The van der Waals surface area contributed by atoms with Crippen LogP contribution in [0.15, 0.2) is 53.6 Å². The first-order valence-corrected chi connectivity index (χ1v) is 6.02. The smallest absolute Gasteiger partial charge is 0.335 e. The Bertz CT molecular complexity index is 693. The van der Waals surface area contributed by atoms with E-state index < -0.39 is 11.9 Å². The predicted molar refractivity (Wildman–Crippen MR) is 78.0 cm³/mol. The first kappa shape index (κ1) is 14.3. The third kappa shape index (κ3) is 3.90. The number of anilines is 1. The van der Waals surface area contributed by atoms with Crippen LogP contribution in [0.1, 0.15) is 26.3 Å². The molecule has 0 unspecified atom stereocenters. The van der Waals surface area contributed by atoms with Crippen molar-refractivity contribution >= 4 is 23.8 Å². The molecule has 0 aliphatic heterocycles. The lowest BCUT2D eigenvalue weighted by Crippen LogP contribution is -1.98. The normalized spacial score (nSPS) is 10.5. The van der Waals surface area contributed by atoms with E-state index in [1.54, 1.807) is 24.3 Å². The number of hydrazone groups is 1. The Labute approximate surface area is 120 Å². The maximum Gasteiger partial charge on any atom is 0.335 e. The summed E-state index contributed by atoms with van der Waals surface area (Å²) in [5.74, 6) is -1.99. The molecule has 0 radical (unpaired) electrons. The van der Waals surface area contributed by atoms with Gasteiger partial charge in [-0.1, -0.05) is 18.2 Å². The Morgan fingerprint density at radius 3 is 2.24 bits per heavy atom. The van der Waals surface area contributed by atoms with Crippen molar-refractivity contribution in [3.05, 3.63) is 65.2 Å². The zero-order valence-electron chi connectivity index (χ0n) is 10.9. The minimum absolute atomic E-state index is 0.168. The second-order valence-corrected chi connectivity index (χ2v) is 4.18. The van der Waals surface area contributed by atoms with E-state index in [2.05, 4.69) is 10.5 Å². The van der Waals surface area contributed by atoms with E-state index in [1.807, 2.05) is 0 Å². The highest BCUT2D eigenvalue weighted by Gasteiger charge is 2.02. The molecule has 6 heteroatoms. The Kier molecular flexibility index (Phi) is 4.30. The molecule has 0 aliphatic rings. The van der Waals surface area contributed by atoms with Crippen LogP contribution in [0.5, 0.6) is 0 Å². The van der Waals surface area contributed by atoms with Crippen LogP contribution < -0.4 is 5.43 Å². The van der Waals surface area contributed by atoms with Gasteiger partial charge in [0.05, 0.1) is 23.0 Å². The first-order valence-electron chi connectivity index (χ1n) is 6.02. The second-order valence-electron chi connectivity index (χ2n) is 4.18. The summed E-state index contributed by atoms with van der Waals surface area (Å²) in [7, 11) is 0. The topological polar surface area (TPSA) is 99.0 Å². The zero-order chi connectivity index (χ0) is 15.2. The van der Waals surface area contributed by atoms with E-state index in [4.69, 9.17) is 10.2 Å². The Hall–Kier alpha value is -3.15. The lowest BCUT2D eigenvalue weighted by atomic mass is 10.1. The molecule has 0 bridgehead atoms. The fraction of sp³-hybridized carbons (Fsp3) is 0. The van der Waals surface area contributed by atoms with Crippen LogP contribution in [-0.2, 0) is 0 Å². The van der Waals surface area contributed by atoms with Gasteiger partial charge in [-0.2, -0.15) is 5.10 Å². The van der Waals surface area contributed by atoms with Crippen LogP contribution >= 0.6 is 0 Å². The number of carboxylic acid groups (broad SMARTS) is 2. The molecular formula is C15H12N2O4.